The molecule has 0 aromatic carbocycles. The Balaban J connectivity index is 1.04. The maximum atomic E-state index is 13.5. The van der Waals surface area contributed by atoms with Gasteiger partial charge in [-0.15, -0.1) is 0 Å². The zero-order valence-electron chi connectivity index (χ0n) is 29.6. The molecule has 1 saturated heterocycles. The molecule has 3 N–H and O–H groups in total. The summed E-state index contributed by atoms with van der Waals surface area (Å²) in [5, 5.41) is 9.41. The number of ketones is 1. The number of nitrogens with zero attached hydrogens (tertiary/aromatic N) is 6. The second-order valence-electron chi connectivity index (χ2n) is 12.8. The number of rotatable bonds is 18. The van der Waals surface area contributed by atoms with Crippen LogP contribution in [0.5, 0.6) is 0 Å². The summed E-state index contributed by atoms with van der Waals surface area (Å²) < 4.78 is 12.6. The number of ether oxygens (including phenoxy) is 2. The molecule has 2 aliphatic rings. The molecule has 0 radical (unpaired) electrons. The summed E-state index contributed by atoms with van der Waals surface area (Å²) in [7, 11) is 0. The van der Waals surface area contributed by atoms with Crippen molar-refractivity contribution in [3.63, 3.8) is 0 Å². The van der Waals surface area contributed by atoms with Crippen LogP contribution in [0, 0.1) is 6.92 Å². The molecule has 15 heteroatoms. The van der Waals surface area contributed by atoms with Gasteiger partial charge in [-0.1, -0.05) is 19.4 Å². The Morgan fingerprint density at radius 1 is 0.961 bits per heavy atom. The normalized spacial score (nSPS) is 15.2. The summed E-state index contributed by atoms with van der Waals surface area (Å²) in [6, 6.07) is 3.91. The van der Waals surface area contributed by atoms with E-state index in [1.807, 2.05) is 18.3 Å². The van der Waals surface area contributed by atoms with Gasteiger partial charge in [0, 0.05) is 69.9 Å². The van der Waals surface area contributed by atoms with Crippen LogP contribution >= 0.6 is 0 Å². The van der Waals surface area contributed by atoms with Crippen molar-refractivity contribution < 1.29 is 23.9 Å². The Bertz CT molecular complexity index is 1730. The molecule has 1 saturated carbocycles. The molecule has 3 aromatic heterocycles. The van der Waals surface area contributed by atoms with Crippen LogP contribution in [0.2, 0.25) is 0 Å². The van der Waals surface area contributed by atoms with Crippen molar-refractivity contribution in [1.82, 2.24) is 35.1 Å². The van der Waals surface area contributed by atoms with Gasteiger partial charge in [-0.25, -0.2) is 9.97 Å². The SMILES string of the molecule is C=CC(=O)NCCOCCOCCNC(=O)CCN1CCN(c2ccc(Nc3ncc4c(C)c(C(C)=O)c(=O)n(C5CCCC5)c4n3)nc2)CC1. The van der Waals surface area contributed by atoms with Gasteiger partial charge < -0.3 is 30.3 Å². The molecule has 0 bridgehead atoms. The Labute approximate surface area is 297 Å². The number of hydrogen-bond acceptors (Lipinski definition) is 12. The molecule has 15 nitrogen and oxygen atoms in total. The Kier molecular flexibility index (Phi) is 13.6. The molecule has 3 aromatic rings. The summed E-state index contributed by atoms with van der Waals surface area (Å²) >= 11 is 0. The summed E-state index contributed by atoms with van der Waals surface area (Å²) in [6.07, 6.45) is 8.98. The third kappa shape index (κ3) is 10.2. The molecule has 51 heavy (non-hydrogen) atoms. The van der Waals surface area contributed by atoms with Crippen molar-refractivity contribution in [3.05, 3.63) is 58.7 Å². The minimum atomic E-state index is -0.277. The average Bonchev–Trinajstić information content (AvgIpc) is 3.66. The van der Waals surface area contributed by atoms with Crippen molar-refractivity contribution in [2.24, 2.45) is 0 Å². The molecule has 274 valence electrons. The molecule has 0 unspecified atom stereocenters. The second-order valence-corrected chi connectivity index (χ2v) is 12.8. The molecule has 2 fully saturated rings. The van der Waals surface area contributed by atoms with E-state index in [1.165, 1.54) is 13.0 Å². The highest BCUT2D eigenvalue weighted by atomic mass is 16.5. The fourth-order valence-electron chi connectivity index (χ4n) is 6.55. The molecule has 5 rings (SSSR count). The van der Waals surface area contributed by atoms with Crippen LogP contribution in [0.25, 0.3) is 11.0 Å². The molecule has 2 amide bonds. The number of fused-ring (bicyclic) bond motifs is 1. The number of carbonyl (C=O) groups is 3. The first kappa shape index (κ1) is 37.5. The number of aromatic nitrogens is 4. The Morgan fingerprint density at radius 2 is 1.67 bits per heavy atom. The molecule has 1 aliphatic heterocycles. The first-order valence-corrected chi connectivity index (χ1v) is 17.7. The molecular weight excluding hydrogens is 654 g/mol. The largest absolute Gasteiger partial charge is 0.377 e. The molecule has 1 aliphatic carbocycles. The van der Waals surface area contributed by atoms with Gasteiger partial charge in [-0.05, 0) is 50.5 Å². The fraction of sp³-hybridized carbons (Fsp3) is 0.528. The van der Waals surface area contributed by atoms with E-state index in [1.54, 1.807) is 17.7 Å². The number of aryl methyl sites for hydroxylation is 1. The first-order chi connectivity index (χ1) is 24.7. The van der Waals surface area contributed by atoms with Crippen LogP contribution in [0.1, 0.15) is 61.0 Å². The van der Waals surface area contributed by atoms with Gasteiger partial charge in [-0.3, -0.25) is 28.6 Å². The number of nitrogens with one attached hydrogen (secondary N) is 3. The van der Waals surface area contributed by atoms with Crippen LogP contribution in [0.4, 0.5) is 17.5 Å². The number of hydrogen-bond donors (Lipinski definition) is 3. The highest BCUT2D eigenvalue weighted by Crippen LogP contribution is 2.32. The summed E-state index contributed by atoms with van der Waals surface area (Å²) in [4.78, 5) is 67.7. The van der Waals surface area contributed by atoms with Crippen LogP contribution in [-0.2, 0) is 19.1 Å². The second kappa shape index (κ2) is 18.5. The van der Waals surface area contributed by atoms with E-state index in [0.717, 1.165) is 57.5 Å². The topological polar surface area (TPSA) is 173 Å². The van der Waals surface area contributed by atoms with Crippen LogP contribution < -0.4 is 26.4 Å². The number of carbonyl (C=O) groups excluding carboxylic acids is 3. The van der Waals surface area contributed by atoms with E-state index in [9.17, 15) is 19.2 Å². The zero-order valence-corrected chi connectivity index (χ0v) is 29.6. The number of amides is 2. The van der Waals surface area contributed by atoms with E-state index in [0.29, 0.717) is 80.8 Å². The zero-order chi connectivity index (χ0) is 36.2. The number of pyridine rings is 2. The maximum absolute atomic E-state index is 13.5. The number of piperazine rings is 1. The van der Waals surface area contributed by atoms with Gasteiger partial charge in [0.25, 0.3) is 5.56 Å². The lowest BCUT2D eigenvalue weighted by Crippen LogP contribution is -2.47. The predicted octanol–water partition coefficient (Wildman–Crippen LogP) is 2.52. The van der Waals surface area contributed by atoms with E-state index in [2.05, 4.69) is 42.3 Å². The van der Waals surface area contributed by atoms with E-state index in [-0.39, 0.29) is 34.8 Å². The van der Waals surface area contributed by atoms with Gasteiger partial charge in [0.15, 0.2) is 5.78 Å². The lowest BCUT2D eigenvalue weighted by atomic mass is 10.0. The third-order valence-corrected chi connectivity index (χ3v) is 9.30. The standard InChI is InChI=1S/C36H49N9O6/c1-4-31(47)37-12-19-50-21-22-51-20-13-38-32(48)11-14-43-15-17-44(18-16-43)28-9-10-30(39-23-28)41-36-40-24-29-25(2)33(26(3)46)35(49)45(34(29)42-36)27-7-5-6-8-27/h4,9-10,23-24,27H,1,5-8,11-22H2,2-3H3,(H,37,47)(H,38,48)(H,39,40,41,42). The molecule has 0 atom stereocenters. The Hall–Kier alpha value is -4.73. The van der Waals surface area contributed by atoms with Crippen LogP contribution in [0.3, 0.4) is 0 Å². The van der Waals surface area contributed by atoms with Gasteiger partial charge >= 0.3 is 0 Å². The van der Waals surface area contributed by atoms with Crippen molar-refractivity contribution in [3.8, 4) is 0 Å². The van der Waals surface area contributed by atoms with Crippen molar-refractivity contribution >= 4 is 46.1 Å². The van der Waals surface area contributed by atoms with Crippen molar-refractivity contribution in [1.29, 1.82) is 0 Å². The van der Waals surface area contributed by atoms with Crippen LogP contribution in [0.15, 0.2) is 42.0 Å². The molecule has 0 spiro atoms. The molecular formula is C36H49N9O6. The molecule has 4 heterocycles. The van der Waals surface area contributed by atoms with Gasteiger partial charge in [0.2, 0.25) is 17.8 Å². The third-order valence-electron chi connectivity index (χ3n) is 9.30. The lowest BCUT2D eigenvalue weighted by Gasteiger charge is -2.35. The van der Waals surface area contributed by atoms with E-state index < -0.39 is 0 Å². The van der Waals surface area contributed by atoms with E-state index in [4.69, 9.17) is 14.5 Å². The average molecular weight is 704 g/mol. The number of Topliss-reactive ketones (excluding diaryl/α,β-unsaturated/α-hetero) is 1. The minimum Gasteiger partial charge on any atom is -0.377 e. The summed E-state index contributed by atoms with van der Waals surface area (Å²) in [6.45, 7) is 13.1. The highest BCUT2D eigenvalue weighted by molar-refractivity contribution is 5.99. The monoisotopic (exact) mass is 703 g/mol. The van der Waals surface area contributed by atoms with E-state index >= 15 is 0 Å². The first-order valence-electron chi connectivity index (χ1n) is 17.7. The smallest absolute Gasteiger partial charge is 0.263 e. The summed E-state index contributed by atoms with van der Waals surface area (Å²) in [5.41, 5.74) is 2.09. The minimum absolute atomic E-state index is 0.00399. The van der Waals surface area contributed by atoms with Gasteiger partial charge in [-0.2, -0.15) is 4.98 Å². The summed E-state index contributed by atoms with van der Waals surface area (Å²) in [5.74, 6) is 0.442. The quantitative estimate of drug-likeness (QED) is 0.101. The van der Waals surface area contributed by atoms with Gasteiger partial charge in [0.1, 0.15) is 11.5 Å². The maximum Gasteiger partial charge on any atom is 0.263 e. The highest BCUT2D eigenvalue weighted by Gasteiger charge is 2.26. The predicted molar refractivity (Wildman–Crippen MR) is 195 cm³/mol. The van der Waals surface area contributed by atoms with Crippen molar-refractivity contribution in [2.75, 3.05) is 82.5 Å². The van der Waals surface area contributed by atoms with Crippen LogP contribution in [-0.4, -0.2) is 114 Å². The number of anilines is 3. The fourth-order valence-corrected chi connectivity index (χ4v) is 6.55. The lowest BCUT2D eigenvalue weighted by molar-refractivity contribution is -0.121. The van der Waals surface area contributed by atoms with Crippen molar-refractivity contribution in [2.45, 2.75) is 52.0 Å². The Morgan fingerprint density at radius 3 is 2.31 bits per heavy atom. The van der Waals surface area contributed by atoms with Gasteiger partial charge in [0.05, 0.1) is 43.9 Å².